The molecule has 5 heteroatoms. The lowest BCUT2D eigenvalue weighted by Crippen LogP contribution is -2.08. The predicted molar refractivity (Wildman–Crippen MR) is 99.7 cm³/mol. The smallest absolute Gasteiger partial charge is 0.343 e. The maximum atomic E-state index is 12.2. The van der Waals surface area contributed by atoms with Gasteiger partial charge in [-0.3, -0.25) is 0 Å². The van der Waals surface area contributed by atoms with Crippen molar-refractivity contribution in [3.63, 3.8) is 0 Å². The van der Waals surface area contributed by atoms with Crippen molar-refractivity contribution in [2.75, 3.05) is 0 Å². The number of aromatic nitrogens is 1. The molecule has 0 saturated carbocycles. The van der Waals surface area contributed by atoms with Crippen molar-refractivity contribution in [2.45, 2.75) is 6.42 Å². The fourth-order valence-electron chi connectivity index (χ4n) is 2.70. The van der Waals surface area contributed by atoms with Crippen LogP contribution in [0.15, 0.2) is 77.3 Å². The van der Waals surface area contributed by atoms with Gasteiger partial charge in [0.2, 0.25) is 0 Å². The molecule has 0 aliphatic heterocycles. The summed E-state index contributed by atoms with van der Waals surface area (Å²) in [6, 6.07) is 21.8. The molecule has 0 unspecified atom stereocenters. The van der Waals surface area contributed by atoms with Gasteiger partial charge >= 0.3 is 5.97 Å². The lowest BCUT2D eigenvalue weighted by Gasteiger charge is -2.04. The van der Waals surface area contributed by atoms with Gasteiger partial charge in [0.05, 0.1) is 11.3 Å². The summed E-state index contributed by atoms with van der Waals surface area (Å²) in [6.07, 6.45) is 0.678. The average Bonchev–Trinajstić information content (AvgIpc) is 3.05. The van der Waals surface area contributed by atoms with Crippen LogP contribution in [0.3, 0.4) is 0 Å². The fraction of sp³-hybridized carbons (Fsp3) is 0.0476. The first-order chi connectivity index (χ1) is 12.7. The van der Waals surface area contributed by atoms with Crippen molar-refractivity contribution in [1.82, 2.24) is 5.16 Å². The molecule has 26 heavy (non-hydrogen) atoms. The highest BCUT2D eigenvalue weighted by Crippen LogP contribution is 2.26. The first kappa shape index (κ1) is 16.4. The molecule has 4 rings (SSSR count). The SMILES string of the molecule is O=C(Oc1ccc2c(Cc3ccccc3)noc2c1)c1ccc(Cl)cc1. The van der Waals surface area contributed by atoms with E-state index in [1.807, 2.05) is 36.4 Å². The standard InChI is InChI=1S/C21H14ClNO3/c22-16-8-6-15(7-9-16)21(24)25-17-10-11-18-19(23-26-20(18)13-17)12-14-4-2-1-3-5-14/h1-11,13H,12H2. The molecular formula is C21H14ClNO3. The Morgan fingerprint density at radius 1 is 1.00 bits per heavy atom. The molecule has 1 heterocycles. The highest BCUT2D eigenvalue weighted by Gasteiger charge is 2.13. The Balaban J connectivity index is 1.55. The third-order valence-electron chi connectivity index (χ3n) is 4.02. The van der Waals surface area contributed by atoms with Gasteiger partial charge in [0.15, 0.2) is 5.58 Å². The zero-order valence-corrected chi connectivity index (χ0v) is 14.4. The number of benzene rings is 3. The minimum Gasteiger partial charge on any atom is -0.423 e. The minimum atomic E-state index is -0.454. The number of fused-ring (bicyclic) bond motifs is 1. The van der Waals surface area contributed by atoms with Crippen LogP contribution in [0.2, 0.25) is 5.02 Å². The number of hydrogen-bond donors (Lipinski definition) is 0. The number of esters is 1. The van der Waals surface area contributed by atoms with E-state index in [-0.39, 0.29) is 0 Å². The number of rotatable bonds is 4. The van der Waals surface area contributed by atoms with E-state index in [1.165, 1.54) is 0 Å². The third kappa shape index (κ3) is 3.46. The average molecular weight is 364 g/mol. The second-order valence-electron chi connectivity index (χ2n) is 5.85. The molecule has 0 bridgehead atoms. The zero-order valence-electron chi connectivity index (χ0n) is 13.7. The lowest BCUT2D eigenvalue weighted by molar-refractivity contribution is 0.0735. The van der Waals surface area contributed by atoms with Gasteiger partial charge in [-0.05, 0) is 42.0 Å². The number of carbonyl (C=O) groups excluding carboxylic acids is 1. The van der Waals surface area contributed by atoms with Gasteiger partial charge in [-0.15, -0.1) is 0 Å². The Morgan fingerprint density at radius 2 is 1.77 bits per heavy atom. The maximum absolute atomic E-state index is 12.2. The molecule has 0 radical (unpaired) electrons. The Hall–Kier alpha value is -3.11. The van der Waals surface area contributed by atoms with Crippen LogP contribution in [0.4, 0.5) is 0 Å². The molecule has 4 nitrogen and oxygen atoms in total. The molecule has 0 saturated heterocycles. The van der Waals surface area contributed by atoms with Crippen LogP contribution in [0.25, 0.3) is 11.0 Å². The van der Waals surface area contributed by atoms with Crippen molar-refractivity contribution in [1.29, 1.82) is 0 Å². The summed E-state index contributed by atoms with van der Waals surface area (Å²) in [4.78, 5) is 12.2. The van der Waals surface area contributed by atoms with E-state index in [1.54, 1.807) is 36.4 Å². The molecule has 0 aliphatic rings. The second-order valence-corrected chi connectivity index (χ2v) is 6.28. The van der Waals surface area contributed by atoms with Crippen molar-refractivity contribution in [3.05, 3.63) is 94.6 Å². The van der Waals surface area contributed by atoms with Gasteiger partial charge in [0, 0.05) is 22.9 Å². The van der Waals surface area contributed by atoms with Crippen molar-refractivity contribution in [3.8, 4) is 5.75 Å². The summed E-state index contributed by atoms with van der Waals surface area (Å²) in [5, 5.41) is 5.62. The lowest BCUT2D eigenvalue weighted by atomic mass is 10.1. The molecule has 0 N–H and O–H groups in total. The van der Waals surface area contributed by atoms with Crippen LogP contribution in [0.1, 0.15) is 21.6 Å². The van der Waals surface area contributed by atoms with E-state index in [0.717, 1.165) is 16.6 Å². The maximum Gasteiger partial charge on any atom is 0.343 e. The summed E-state index contributed by atoms with van der Waals surface area (Å²) in [5.74, 6) is -0.0510. The van der Waals surface area contributed by atoms with Crippen molar-refractivity contribution in [2.24, 2.45) is 0 Å². The van der Waals surface area contributed by atoms with Crippen molar-refractivity contribution < 1.29 is 14.1 Å². The van der Waals surface area contributed by atoms with Gasteiger partial charge in [-0.25, -0.2) is 4.79 Å². The van der Waals surface area contributed by atoms with Crippen LogP contribution in [0.5, 0.6) is 5.75 Å². The first-order valence-electron chi connectivity index (χ1n) is 8.09. The molecule has 1 aromatic heterocycles. The number of carbonyl (C=O) groups is 1. The zero-order chi connectivity index (χ0) is 17.9. The van der Waals surface area contributed by atoms with Crippen LogP contribution in [-0.2, 0) is 6.42 Å². The molecule has 0 amide bonds. The number of ether oxygens (including phenoxy) is 1. The summed E-state index contributed by atoms with van der Waals surface area (Å²) < 4.78 is 10.8. The van der Waals surface area contributed by atoms with E-state index in [0.29, 0.717) is 28.3 Å². The number of nitrogens with zero attached hydrogens (tertiary/aromatic N) is 1. The third-order valence-corrected chi connectivity index (χ3v) is 4.28. The molecule has 3 aromatic carbocycles. The molecule has 0 aliphatic carbocycles. The van der Waals surface area contributed by atoms with Gasteiger partial charge in [-0.1, -0.05) is 47.1 Å². The molecular weight excluding hydrogens is 350 g/mol. The number of halogens is 1. The van der Waals surface area contributed by atoms with E-state index >= 15 is 0 Å². The molecule has 128 valence electrons. The second kappa shape index (κ2) is 7.02. The summed E-state index contributed by atoms with van der Waals surface area (Å²) in [5.41, 5.74) is 3.01. The summed E-state index contributed by atoms with van der Waals surface area (Å²) in [7, 11) is 0. The normalized spacial score (nSPS) is 10.8. The predicted octanol–water partition coefficient (Wildman–Crippen LogP) is 5.29. The Bertz CT molecular complexity index is 1060. The van der Waals surface area contributed by atoms with Crippen LogP contribution in [-0.4, -0.2) is 11.1 Å². The molecule has 0 atom stereocenters. The van der Waals surface area contributed by atoms with Crippen LogP contribution < -0.4 is 4.74 Å². The Labute approximate surface area is 155 Å². The molecule has 0 fully saturated rings. The Morgan fingerprint density at radius 3 is 2.54 bits per heavy atom. The van der Waals surface area contributed by atoms with Gasteiger partial charge in [-0.2, -0.15) is 0 Å². The molecule has 0 spiro atoms. The van der Waals surface area contributed by atoms with E-state index in [9.17, 15) is 4.79 Å². The van der Waals surface area contributed by atoms with Crippen molar-refractivity contribution >= 4 is 28.5 Å². The minimum absolute atomic E-state index is 0.403. The summed E-state index contributed by atoms with van der Waals surface area (Å²) in [6.45, 7) is 0. The highest BCUT2D eigenvalue weighted by molar-refractivity contribution is 6.30. The highest BCUT2D eigenvalue weighted by atomic mass is 35.5. The monoisotopic (exact) mass is 363 g/mol. The van der Waals surface area contributed by atoms with Crippen LogP contribution >= 0.6 is 11.6 Å². The number of hydrogen-bond acceptors (Lipinski definition) is 4. The quantitative estimate of drug-likeness (QED) is 0.365. The fourth-order valence-corrected chi connectivity index (χ4v) is 2.83. The topological polar surface area (TPSA) is 52.3 Å². The van der Waals surface area contributed by atoms with Gasteiger partial charge < -0.3 is 9.26 Å². The largest absolute Gasteiger partial charge is 0.423 e. The van der Waals surface area contributed by atoms with E-state index in [4.69, 9.17) is 20.9 Å². The van der Waals surface area contributed by atoms with Gasteiger partial charge in [0.1, 0.15) is 5.75 Å². The van der Waals surface area contributed by atoms with Gasteiger partial charge in [0.25, 0.3) is 0 Å². The molecule has 4 aromatic rings. The van der Waals surface area contributed by atoms with Crippen LogP contribution in [0, 0.1) is 0 Å². The Kier molecular flexibility index (Phi) is 4.42. The first-order valence-corrected chi connectivity index (χ1v) is 8.47. The summed E-state index contributed by atoms with van der Waals surface area (Å²) >= 11 is 5.83. The van der Waals surface area contributed by atoms with E-state index in [2.05, 4.69) is 5.16 Å². The van der Waals surface area contributed by atoms with E-state index < -0.39 is 5.97 Å².